The first-order valence-corrected chi connectivity index (χ1v) is 12.1. The molecule has 0 saturated heterocycles. The SMILES string of the molecule is C=C(CCC/C=C1\CC[C@@]2(C)C(C1)C(N=O)CC1C2CC[C@]2(C)C(=O)CCC12)OC. The van der Waals surface area contributed by atoms with Gasteiger partial charge in [0.2, 0.25) is 0 Å². The summed E-state index contributed by atoms with van der Waals surface area (Å²) in [5.41, 5.74) is 1.57. The third kappa shape index (κ3) is 3.48. The molecule has 30 heavy (non-hydrogen) atoms. The molecular formula is C26H39NO3. The minimum atomic E-state index is -0.135. The maximum Gasteiger partial charge on any atom is 0.139 e. The maximum atomic E-state index is 12.6. The number of hydrogen-bond acceptors (Lipinski definition) is 4. The van der Waals surface area contributed by atoms with E-state index in [1.165, 1.54) is 12.0 Å². The van der Waals surface area contributed by atoms with Gasteiger partial charge in [-0.05, 0) is 86.9 Å². The molecule has 4 nitrogen and oxygen atoms in total. The van der Waals surface area contributed by atoms with Gasteiger partial charge in [0.05, 0.1) is 18.9 Å². The highest BCUT2D eigenvalue weighted by molar-refractivity contribution is 5.87. The molecule has 4 aliphatic rings. The van der Waals surface area contributed by atoms with E-state index >= 15 is 0 Å². The molecule has 0 radical (unpaired) electrons. The van der Waals surface area contributed by atoms with Crippen molar-refractivity contribution in [2.45, 2.75) is 90.5 Å². The highest BCUT2D eigenvalue weighted by Crippen LogP contribution is 2.66. The molecule has 166 valence electrons. The summed E-state index contributed by atoms with van der Waals surface area (Å²) in [6.07, 6.45) is 13.6. The predicted octanol–water partition coefficient (Wildman–Crippen LogP) is 6.60. The molecule has 0 amide bonds. The molecule has 4 fully saturated rings. The van der Waals surface area contributed by atoms with Gasteiger partial charge in [-0.1, -0.05) is 37.3 Å². The van der Waals surface area contributed by atoms with Crippen LogP contribution in [0.4, 0.5) is 0 Å². The van der Waals surface area contributed by atoms with E-state index in [1.807, 2.05) is 0 Å². The lowest BCUT2D eigenvalue weighted by atomic mass is 9.44. The molecule has 4 aliphatic carbocycles. The second-order valence-corrected chi connectivity index (χ2v) is 11.0. The molecule has 7 atom stereocenters. The maximum absolute atomic E-state index is 12.6. The second kappa shape index (κ2) is 8.24. The van der Waals surface area contributed by atoms with Crippen molar-refractivity contribution in [2.24, 2.45) is 39.7 Å². The highest BCUT2D eigenvalue weighted by atomic mass is 16.5. The molecule has 0 heterocycles. The molecule has 0 aromatic carbocycles. The van der Waals surface area contributed by atoms with Crippen LogP contribution in [-0.2, 0) is 9.53 Å². The van der Waals surface area contributed by atoms with Crippen LogP contribution in [-0.4, -0.2) is 18.9 Å². The minimum Gasteiger partial charge on any atom is -0.502 e. The van der Waals surface area contributed by atoms with Crippen LogP contribution >= 0.6 is 0 Å². The summed E-state index contributed by atoms with van der Waals surface area (Å²) in [7, 11) is 1.68. The predicted molar refractivity (Wildman–Crippen MR) is 120 cm³/mol. The van der Waals surface area contributed by atoms with E-state index < -0.39 is 0 Å². The molecule has 0 N–H and O–H groups in total. The molecule has 0 aliphatic heterocycles. The summed E-state index contributed by atoms with van der Waals surface area (Å²) in [6, 6.07) is -0.0914. The number of Topliss-reactive ketones (excluding diaryl/α,β-unsaturated/α-hetero) is 1. The summed E-state index contributed by atoms with van der Waals surface area (Å²) >= 11 is 0. The number of carbonyl (C=O) groups is 1. The Balaban J connectivity index is 1.49. The molecule has 5 unspecified atom stereocenters. The van der Waals surface area contributed by atoms with Crippen molar-refractivity contribution in [2.75, 3.05) is 7.11 Å². The topological polar surface area (TPSA) is 55.7 Å². The Labute approximate surface area is 181 Å². The van der Waals surface area contributed by atoms with Gasteiger partial charge in [0.25, 0.3) is 0 Å². The molecule has 0 bridgehead atoms. The van der Waals surface area contributed by atoms with Gasteiger partial charge < -0.3 is 4.74 Å². The average Bonchev–Trinajstić information content (AvgIpc) is 3.05. The first-order valence-electron chi connectivity index (χ1n) is 12.1. The third-order valence-electron chi connectivity index (χ3n) is 9.80. The van der Waals surface area contributed by atoms with E-state index in [9.17, 15) is 9.70 Å². The van der Waals surface area contributed by atoms with Crippen LogP contribution in [0.5, 0.6) is 0 Å². The average molecular weight is 414 g/mol. The summed E-state index contributed by atoms with van der Waals surface area (Å²) in [6.45, 7) is 8.56. The van der Waals surface area contributed by atoms with Crippen molar-refractivity contribution in [3.05, 3.63) is 28.9 Å². The van der Waals surface area contributed by atoms with Crippen LogP contribution < -0.4 is 0 Å². The van der Waals surface area contributed by atoms with Crippen molar-refractivity contribution in [3.8, 4) is 0 Å². The van der Waals surface area contributed by atoms with Crippen LogP contribution in [0.2, 0.25) is 0 Å². The monoisotopic (exact) mass is 413 g/mol. The van der Waals surface area contributed by atoms with E-state index in [4.69, 9.17) is 4.74 Å². The van der Waals surface area contributed by atoms with Crippen molar-refractivity contribution in [1.29, 1.82) is 0 Å². The van der Waals surface area contributed by atoms with Gasteiger partial charge in [0.15, 0.2) is 0 Å². The Kier molecular flexibility index (Phi) is 5.98. The van der Waals surface area contributed by atoms with Gasteiger partial charge in [-0.2, -0.15) is 4.91 Å². The number of nitroso groups, excluding NO2 is 1. The Morgan fingerprint density at radius 2 is 2.00 bits per heavy atom. The molecular weight excluding hydrogens is 374 g/mol. The number of methoxy groups -OCH3 is 1. The zero-order chi connectivity index (χ0) is 21.5. The standard InChI is InChI=1S/C26H39NO3/c1-17(30-4)7-5-6-8-18-11-13-25(2)21-12-14-26(3)20(9-10-24(26)28)19(21)16-23(27-29)22(25)15-18/h8,19-23H,1,5-7,9-16H2,2-4H3/b18-8+/t19?,20?,21?,22?,23?,25-,26+/m1/s1. The molecule has 4 heteroatoms. The zero-order valence-corrected chi connectivity index (χ0v) is 19.1. The van der Waals surface area contributed by atoms with Crippen molar-refractivity contribution >= 4 is 5.78 Å². The number of ketones is 1. The Morgan fingerprint density at radius 1 is 1.20 bits per heavy atom. The van der Waals surface area contributed by atoms with Crippen LogP contribution in [0.15, 0.2) is 29.2 Å². The fraction of sp³-hybridized carbons (Fsp3) is 0.808. The van der Waals surface area contributed by atoms with Crippen molar-refractivity contribution < 1.29 is 9.53 Å². The Hall–Kier alpha value is -1.45. The minimum absolute atomic E-state index is 0.0914. The lowest BCUT2D eigenvalue weighted by molar-refractivity contribution is -0.139. The normalized spacial score (nSPS) is 44.2. The van der Waals surface area contributed by atoms with Crippen molar-refractivity contribution in [3.63, 3.8) is 0 Å². The van der Waals surface area contributed by atoms with Gasteiger partial charge in [-0.3, -0.25) is 4.79 Å². The van der Waals surface area contributed by atoms with Gasteiger partial charge in [-0.25, -0.2) is 0 Å². The van der Waals surface area contributed by atoms with Crippen molar-refractivity contribution in [1.82, 2.24) is 0 Å². The van der Waals surface area contributed by atoms with Crippen LogP contribution in [0.1, 0.15) is 84.5 Å². The number of hydrogen-bond donors (Lipinski definition) is 0. The Morgan fingerprint density at radius 3 is 2.73 bits per heavy atom. The van der Waals surface area contributed by atoms with E-state index in [-0.39, 0.29) is 16.9 Å². The number of rotatable bonds is 6. The summed E-state index contributed by atoms with van der Waals surface area (Å²) in [5, 5.41) is 3.70. The smallest absolute Gasteiger partial charge is 0.139 e. The van der Waals surface area contributed by atoms with Crippen LogP contribution in [0.25, 0.3) is 0 Å². The Bertz CT molecular complexity index is 743. The fourth-order valence-corrected chi connectivity index (χ4v) is 7.93. The molecule has 0 aromatic heterocycles. The number of ether oxygens (including phenoxy) is 1. The molecule has 4 rings (SSSR count). The van der Waals surface area contributed by atoms with E-state index in [0.717, 1.165) is 70.0 Å². The summed E-state index contributed by atoms with van der Waals surface area (Å²) in [4.78, 5) is 24.6. The second-order valence-electron chi connectivity index (χ2n) is 11.0. The number of allylic oxidation sites excluding steroid dienone is 3. The highest BCUT2D eigenvalue weighted by Gasteiger charge is 2.62. The molecule has 4 saturated carbocycles. The number of nitrogens with zero attached hydrogens (tertiary/aromatic N) is 1. The van der Waals surface area contributed by atoms with Crippen LogP contribution in [0.3, 0.4) is 0 Å². The lowest BCUT2D eigenvalue weighted by Gasteiger charge is -2.60. The lowest BCUT2D eigenvalue weighted by Crippen LogP contribution is -2.56. The zero-order valence-electron chi connectivity index (χ0n) is 19.1. The third-order valence-corrected chi connectivity index (χ3v) is 9.80. The summed E-state index contributed by atoms with van der Waals surface area (Å²) < 4.78 is 5.17. The van der Waals surface area contributed by atoms with E-state index in [2.05, 4.69) is 31.7 Å². The first kappa shape index (κ1) is 21.8. The quantitative estimate of drug-likeness (QED) is 0.213. The van der Waals surface area contributed by atoms with Gasteiger partial charge >= 0.3 is 0 Å². The van der Waals surface area contributed by atoms with Gasteiger partial charge in [0.1, 0.15) is 5.78 Å². The van der Waals surface area contributed by atoms with E-state index in [0.29, 0.717) is 29.5 Å². The number of carbonyl (C=O) groups excluding carboxylic acids is 1. The molecule has 0 aromatic rings. The number of fused-ring (bicyclic) bond motifs is 5. The number of unbranched alkanes of at least 4 members (excludes halogenated alkanes) is 1. The fourth-order valence-electron chi connectivity index (χ4n) is 7.93. The largest absolute Gasteiger partial charge is 0.502 e. The van der Waals surface area contributed by atoms with Crippen LogP contribution in [0, 0.1) is 39.4 Å². The van der Waals surface area contributed by atoms with Gasteiger partial charge in [0, 0.05) is 18.3 Å². The van der Waals surface area contributed by atoms with Gasteiger partial charge in [-0.15, -0.1) is 0 Å². The van der Waals surface area contributed by atoms with E-state index in [1.54, 1.807) is 7.11 Å². The summed E-state index contributed by atoms with van der Waals surface area (Å²) in [5.74, 6) is 3.31. The molecule has 0 spiro atoms. The first-order chi connectivity index (χ1) is 14.3.